The molecule has 26 heteroatoms. The molecule has 57 heavy (non-hydrogen) atoms. The van der Waals surface area contributed by atoms with Crippen LogP contribution < -0.4 is 10.6 Å². The van der Waals surface area contributed by atoms with E-state index in [9.17, 15) is 85.9 Å². The first-order valence-electron chi connectivity index (χ1n) is 17.7. The molecule has 16 N–H and O–H groups in total. The van der Waals surface area contributed by atoms with Crippen LogP contribution in [0.4, 0.5) is 0 Å². The molecule has 4 heterocycles. The van der Waals surface area contributed by atoms with Gasteiger partial charge in [0, 0.05) is 20.3 Å². The predicted molar refractivity (Wildman–Crippen MR) is 174 cm³/mol. The van der Waals surface area contributed by atoms with Gasteiger partial charge in [0.1, 0.15) is 91.5 Å². The summed E-state index contributed by atoms with van der Waals surface area (Å²) < 4.78 is 38.8. The highest BCUT2D eigenvalue weighted by Crippen LogP contribution is 2.36. The maximum atomic E-state index is 12.6. The second-order valence-corrected chi connectivity index (χ2v) is 14.1. The highest BCUT2D eigenvalue weighted by atomic mass is 16.8. The van der Waals surface area contributed by atoms with Gasteiger partial charge in [-0.1, -0.05) is 0 Å². The Labute approximate surface area is 322 Å². The Kier molecular flexibility index (Phi) is 16.4. The van der Waals surface area contributed by atoms with Gasteiger partial charge in [-0.25, -0.2) is 4.79 Å². The third-order valence-electron chi connectivity index (χ3n) is 9.98. The molecule has 4 rings (SSSR count). The third kappa shape index (κ3) is 10.3. The molecule has 0 radical (unpaired) electrons. The summed E-state index contributed by atoms with van der Waals surface area (Å²) in [5.74, 6) is -6.42. The van der Waals surface area contributed by atoms with Gasteiger partial charge >= 0.3 is 5.97 Å². The lowest BCUT2D eigenvalue weighted by atomic mass is 9.88. The molecule has 4 aliphatic heterocycles. The topological polar surface area (TPSA) is 423 Å². The van der Waals surface area contributed by atoms with E-state index in [1.807, 2.05) is 0 Å². The van der Waals surface area contributed by atoms with E-state index in [1.54, 1.807) is 0 Å². The molecule has 4 fully saturated rings. The molecule has 0 bridgehead atoms. The van der Waals surface area contributed by atoms with E-state index < -0.39 is 179 Å². The molecule has 0 aromatic heterocycles. The number of ether oxygens (including phenoxy) is 7. The van der Waals surface area contributed by atoms with E-state index in [4.69, 9.17) is 33.2 Å². The number of aliphatic carboxylic acids is 1. The number of nitrogens with one attached hydrogen (secondary N) is 2. The van der Waals surface area contributed by atoms with Crippen molar-refractivity contribution in [2.45, 2.75) is 149 Å². The number of aliphatic hydroxyl groups excluding tert-OH is 13. The quantitative estimate of drug-likeness (QED) is 0.0728. The Morgan fingerprint density at radius 2 is 1.25 bits per heavy atom. The molecule has 2 amide bonds. The van der Waals surface area contributed by atoms with Crippen LogP contribution in [-0.2, 0) is 47.5 Å². The molecular weight excluding hydrogens is 784 g/mol. The third-order valence-corrected chi connectivity index (χ3v) is 9.98. The van der Waals surface area contributed by atoms with Crippen molar-refractivity contribution in [1.82, 2.24) is 10.6 Å². The van der Waals surface area contributed by atoms with Gasteiger partial charge in [0.25, 0.3) is 5.79 Å². The zero-order valence-corrected chi connectivity index (χ0v) is 30.4. The molecule has 0 aromatic carbocycles. The lowest BCUT2D eigenvalue weighted by Crippen LogP contribution is -2.70. The summed E-state index contributed by atoms with van der Waals surface area (Å²) in [4.78, 5) is 36.8. The van der Waals surface area contributed by atoms with Gasteiger partial charge in [-0.3, -0.25) is 9.59 Å². The lowest BCUT2D eigenvalue weighted by Gasteiger charge is -2.49. The second kappa shape index (κ2) is 19.8. The van der Waals surface area contributed by atoms with Gasteiger partial charge in [0.15, 0.2) is 18.9 Å². The minimum absolute atomic E-state index is 0.756. The molecule has 21 atom stereocenters. The monoisotopic (exact) mass is 836 g/mol. The van der Waals surface area contributed by atoms with Crippen LogP contribution in [0.25, 0.3) is 0 Å². The smallest absolute Gasteiger partial charge is 0.364 e. The summed E-state index contributed by atoms with van der Waals surface area (Å²) in [6.07, 6.45) is -35.5. The van der Waals surface area contributed by atoms with E-state index in [-0.39, 0.29) is 0 Å². The fourth-order valence-electron chi connectivity index (χ4n) is 6.93. The molecule has 4 saturated heterocycles. The molecule has 4 aliphatic rings. The summed E-state index contributed by atoms with van der Waals surface area (Å²) in [5.41, 5.74) is 0. The fraction of sp³-hybridized carbons (Fsp3) is 0.903. The average Bonchev–Trinajstić information content (AvgIpc) is 3.16. The first kappa shape index (κ1) is 47.3. The number of carbonyl (C=O) groups is 3. The number of rotatable bonds is 15. The summed E-state index contributed by atoms with van der Waals surface area (Å²) in [6.45, 7) is -1.89. The van der Waals surface area contributed by atoms with Crippen molar-refractivity contribution in [3.8, 4) is 0 Å². The Morgan fingerprint density at radius 3 is 1.81 bits per heavy atom. The van der Waals surface area contributed by atoms with Gasteiger partial charge in [-0.05, 0) is 0 Å². The van der Waals surface area contributed by atoms with E-state index in [2.05, 4.69) is 10.6 Å². The van der Waals surface area contributed by atoms with Gasteiger partial charge in [0.05, 0.1) is 38.6 Å². The van der Waals surface area contributed by atoms with Crippen molar-refractivity contribution >= 4 is 17.8 Å². The maximum Gasteiger partial charge on any atom is 0.364 e. The molecule has 1 unspecified atom stereocenters. The van der Waals surface area contributed by atoms with Crippen LogP contribution in [0, 0.1) is 0 Å². The second-order valence-electron chi connectivity index (χ2n) is 14.1. The SMILES string of the molecule is CC(=O)N[C@H]1[C@H](O[C@H]2[C@@H](O)[C@@H](CO[C@]3(C(=O)O)C[C@H](O)[C@@H](NC(C)=O)[C@H]([C@H](O)[C@H](O)CO)O3)OC(O)[C@@H]2O)O[C@H](CO)[C@@H](O)[C@@H]1O[C@@H]1O[C@H](CO)[C@H](O)[C@H](O)[C@H]1O. The molecule has 0 saturated carbocycles. The van der Waals surface area contributed by atoms with Crippen molar-refractivity contribution in [2.75, 3.05) is 26.4 Å². The van der Waals surface area contributed by atoms with Crippen molar-refractivity contribution in [3.05, 3.63) is 0 Å². The van der Waals surface area contributed by atoms with Gasteiger partial charge < -0.3 is 115 Å². The molecule has 0 aromatic rings. The normalized spacial score (nSPS) is 45.1. The van der Waals surface area contributed by atoms with Gasteiger partial charge in [-0.2, -0.15) is 0 Å². The van der Waals surface area contributed by atoms with Crippen molar-refractivity contribution in [1.29, 1.82) is 0 Å². The first-order chi connectivity index (χ1) is 26.7. The summed E-state index contributed by atoms with van der Waals surface area (Å²) in [7, 11) is 0. The molecule has 0 aliphatic carbocycles. The van der Waals surface area contributed by atoms with Crippen LogP contribution in [0.2, 0.25) is 0 Å². The molecule has 26 nitrogen and oxygen atoms in total. The Hall–Kier alpha value is -2.39. The summed E-state index contributed by atoms with van der Waals surface area (Å²) >= 11 is 0. The predicted octanol–water partition coefficient (Wildman–Crippen LogP) is -10.3. The molecule has 0 spiro atoms. The maximum absolute atomic E-state index is 12.6. The number of carboxylic acids is 1. The lowest BCUT2D eigenvalue weighted by molar-refractivity contribution is -0.368. The van der Waals surface area contributed by atoms with Crippen LogP contribution >= 0.6 is 0 Å². The van der Waals surface area contributed by atoms with Crippen LogP contribution in [0.5, 0.6) is 0 Å². The highest BCUT2D eigenvalue weighted by molar-refractivity contribution is 5.76. The number of amides is 2. The summed E-state index contributed by atoms with van der Waals surface area (Å²) in [5, 5.41) is 150. The van der Waals surface area contributed by atoms with E-state index in [0.29, 0.717) is 0 Å². The van der Waals surface area contributed by atoms with E-state index >= 15 is 0 Å². The van der Waals surface area contributed by atoms with E-state index in [1.165, 1.54) is 0 Å². The number of aliphatic hydroxyl groups is 13. The highest BCUT2D eigenvalue weighted by Gasteiger charge is 2.58. The summed E-state index contributed by atoms with van der Waals surface area (Å²) in [6, 6.07) is -3.23. The van der Waals surface area contributed by atoms with Gasteiger partial charge in [0.2, 0.25) is 11.8 Å². The van der Waals surface area contributed by atoms with Crippen LogP contribution in [0.3, 0.4) is 0 Å². The number of hydrogen-bond donors (Lipinski definition) is 16. The van der Waals surface area contributed by atoms with Crippen molar-refractivity contribution < 1.29 is 119 Å². The van der Waals surface area contributed by atoms with Crippen LogP contribution in [0.1, 0.15) is 20.3 Å². The standard InChI is InChI=1S/C31H52N2O24/c1-8(37)32-15-10(39)3-31(30(49)50,57-25(15)17(41)11(40)4-34)51-7-14-20(44)26(23(47)27(48)52-14)56-28-16(33-9(2)38)24(19(43)13(6-36)53-28)55-29-22(46)21(45)18(42)12(5-35)54-29/h10-29,34-36,39-48H,3-7H2,1-2H3,(H,32,37)(H,33,38)(H,49,50)/t10-,11+,12+,13+,14+,15+,16+,17+,18-,19+,20-,21-,22+,23+,24+,25+,26-,27?,28-,29-,31+/m0/s1. The van der Waals surface area contributed by atoms with Crippen molar-refractivity contribution in [2.24, 2.45) is 0 Å². The average molecular weight is 837 g/mol. The minimum atomic E-state index is -2.92. The number of carbonyl (C=O) groups excluding carboxylic acids is 2. The Morgan fingerprint density at radius 1 is 0.702 bits per heavy atom. The van der Waals surface area contributed by atoms with Crippen molar-refractivity contribution in [3.63, 3.8) is 0 Å². The zero-order valence-electron chi connectivity index (χ0n) is 30.4. The fourth-order valence-corrected chi connectivity index (χ4v) is 6.93. The number of hydrogen-bond acceptors (Lipinski definition) is 23. The largest absolute Gasteiger partial charge is 0.477 e. The van der Waals surface area contributed by atoms with Crippen LogP contribution in [0.15, 0.2) is 0 Å². The Bertz CT molecular complexity index is 1350. The molecule has 330 valence electrons. The minimum Gasteiger partial charge on any atom is -0.477 e. The molecular formula is C31H52N2O24. The zero-order chi connectivity index (χ0) is 42.7. The Balaban J connectivity index is 1.59. The van der Waals surface area contributed by atoms with E-state index in [0.717, 1.165) is 13.8 Å². The van der Waals surface area contributed by atoms with Gasteiger partial charge in [-0.15, -0.1) is 0 Å². The number of carboxylic acid groups (broad SMARTS) is 1. The first-order valence-corrected chi connectivity index (χ1v) is 17.7. The van der Waals surface area contributed by atoms with Crippen LogP contribution in [-0.4, -0.2) is 244 Å².